The molecule has 10 heteroatoms. The van der Waals surface area contributed by atoms with Gasteiger partial charge in [0.25, 0.3) is 0 Å². The van der Waals surface area contributed by atoms with E-state index in [-0.39, 0.29) is 25.0 Å². The van der Waals surface area contributed by atoms with Gasteiger partial charge in [-0.15, -0.1) is 0 Å². The summed E-state index contributed by atoms with van der Waals surface area (Å²) >= 11 is 0. The van der Waals surface area contributed by atoms with Crippen LogP contribution in [0.3, 0.4) is 0 Å². The summed E-state index contributed by atoms with van der Waals surface area (Å²) in [5.74, 6) is 0.454. The molecule has 1 aliphatic heterocycles. The van der Waals surface area contributed by atoms with Gasteiger partial charge in [-0.2, -0.15) is 5.10 Å². The summed E-state index contributed by atoms with van der Waals surface area (Å²) < 4.78 is 6.69. The van der Waals surface area contributed by atoms with Crippen molar-refractivity contribution in [3.63, 3.8) is 0 Å². The van der Waals surface area contributed by atoms with Crippen LogP contribution >= 0.6 is 0 Å². The molecule has 148 valence electrons. The summed E-state index contributed by atoms with van der Waals surface area (Å²) in [5.41, 5.74) is 0.900. The van der Waals surface area contributed by atoms with Crippen LogP contribution in [0.5, 0.6) is 0 Å². The Labute approximate surface area is 166 Å². The van der Waals surface area contributed by atoms with Crippen molar-refractivity contribution in [2.45, 2.75) is 6.61 Å². The molecule has 0 bridgehead atoms. The van der Waals surface area contributed by atoms with Gasteiger partial charge in [0.1, 0.15) is 38.0 Å². The molecule has 0 radical (unpaired) electrons. The van der Waals surface area contributed by atoms with E-state index in [2.05, 4.69) is 25.4 Å². The molecule has 2 aromatic heterocycles. The standard InChI is InChI=1S/C19H19N7O3/c27-18(29-10-14-4-2-1-3-5-14)7-21-19(28)15-8-25(9-15)16-6-17(23-12-22-16)26-13-20-11-24-26/h1-6,11-13,15H,7-10H2,(H,21,28). The molecule has 3 heterocycles. The zero-order chi connectivity index (χ0) is 20.1. The van der Waals surface area contributed by atoms with E-state index in [1.165, 1.54) is 17.3 Å². The maximum absolute atomic E-state index is 12.2. The van der Waals surface area contributed by atoms with Crippen LogP contribution in [0.15, 0.2) is 55.4 Å². The molecule has 1 fully saturated rings. The first-order valence-electron chi connectivity index (χ1n) is 9.08. The SMILES string of the molecule is O=C(CNC(=O)C1CN(c2cc(-n3cncn3)ncn2)C1)OCc1ccccc1. The van der Waals surface area contributed by atoms with Gasteiger partial charge in [-0.05, 0) is 5.56 Å². The molecule has 4 rings (SSSR count). The van der Waals surface area contributed by atoms with Crippen molar-refractivity contribution in [3.8, 4) is 5.82 Å². The van der Waals surface area contributed by atoms with Crippen molar-refractivity contribution in [2.24, 2.45) is 5.92 Å². The normalized spacial score (nSPS) is 13.6. The van der Waals surface area contributed by atoms with Gasteiger partial charge in [-0.3, -0.25) is 9.59 Å². The Hall–Kier alpha value is -3.82. The van der Waals surface area contributed by atoms with Gasteiger partial charge in [0.15, 0.2) is 5.82 Å². The molecular formula is C19H19N7O3. The van der Waals surface area contributed by atoms with Gasteiger partial charge >= 0.3 is 5.97 Å². The third kappa shape index (κ3) is 4.54. The predicted octanol–water partition coefficient (Wildman–Crippen LogP) is 0.353. The lowest BCUT2D eigenvalue weighted by Gasteiger charge is -2.39. The maximum Gasteiger partial charge on any atom is 0.325 e. The summed E-state index contributed by atoms with van der Waals surface area (Å²) in [7, 11) is 0. The second-order valence-corrected chi connectivity index (χ2v) is 6.54. The van der Waals surface area contributed by atoms with E-state index in [0.29, 0.717) is 24.7 Å². The highest BCUT2D eigenvalue weighted by molar-refractivity contribution is 5.85. The lowest BCUT2D eigenvalue weighted by Crippen LogP contribution is -2.54. The molecule has 0 unspecified atom stereocenters. The summed E-state index contributed by atoms with van der Waals surface area (Å²) in [6.45, 7) is 1.07. The number of benzene rings is 1. The number of aromatic nitrogens is 5. The average Bonchev–Trinajstić information content (AvgIpc) is 3.26. The van der Waals surface area contributed by atoms with Crippen LogP contribution in [0, 0.1) is 5.92 Å². The molecular weight excluding hydrogens is 374 g/mol. The smallest absolute Gasteiger partial charge is 0.325 e. The molecule has 1 aliphatic rings. The Morgan fingerprint density at radius 1 is 1.10 bits per heavy atom. The van der Waals surface area contributed by atoms with E-state index in [0.717, 1.165) is 5.56 Å². The number of amides is 1. The second-order valence-electron chi connectivity index (χ2n) is 6.54. The third-order valence-electron chi connectivity index (χ3n) is 4.52. The molecule has 0 atom stereocenters. The van der Waals surface area contributed by atoms with Crippen molar-refractivity contribution < 1.29 is 14.3 Å². The maximum atomic E-state index is 12.2. The van der Waals surface area contributed by atoms with E-state index < -0.39 is 5.97 Å². The van der Waals surface area contributed by atoms with Gasteiger partial charge in [-0.1, -0.05) is 30.3 Å². The lowest BCUT2D eigenvalue weighted by atomic mass is 9.99. The van der Waals surface area contributed by atoms with Gasteiger partial charge in [-0.25, -0.2) is 19.6 Å². The molecule has 1 amide bonds. The van der Waals surface area contributed by atoms with Crippen LogP contribution in [0.4, 0.5) is 5.82 Å². The summed E-state index contributed by atoms with van der Waals surface area (Å²) in [5, 5.41) is 6.67. The van der Waals surface area contributed by atoms with Crippen molar-refractivity contribution in [1.82, 2.24) is 30.0 Å². The molecule has 3 aromatic rings. The van der Waals surface area contributed by atoms with E-state index in [1.807, 2.05) is 35.2 Å². The van der Waals surface area contributed by atoms with Gasteiger partial charge < -0.3 is 15.0 Å². The van der Waals surface area contributed by atoms with Crippen LogP contribution in [-0.2, 0) is 20.9 Å². The number of rotatable bonds is 7. The number of anilines is 1. The highest BCUT2D eigenvalue weighted by atomic mass is 16.5. The number of hydrogen-bond acceptors (Lipinski definition) is 8. The van der Waals surface area contributed by atoms with Crippen LogP contribution < -0.4 is 10.2 Å². The van der Waals surface area contributed by atoms with Gasteiger partial charge in [0, 0.05) is 19.2 Å². The Morgan fingerprint density at radius 3 is 2.66 bits per heavy atom. The molecule has 0 aliphatic carbocycles. The fraction of sp³-hybridized carbons (Fsp3) is 0.263. The van der Waals surface area contributed by atoms with E-state index in [4.69, 9.17) is 4.74 Å². The fourth-order valence-electron chi connectivity index (χ4n) is 2.89. The fourth-order valence-corrected chi connectivity index (χ4v) is 2.89. The first-order chi connectivity index (χ1) is 14.2. The average molecular weight is 393 g/mol. The molecule has 1 N–H and O–H groups in total. The molecule has 1 aromatic carbocycles. The van der Waals surface area contributed by atoms with Crippen LogP contribution in [0.2, 0.25) is 0 Å². The Balaban J connectivity index is 1.21. The molecule has 0 saturated carbocycles. The zero-order valence-electron chi connectivity index (χ0n) is 15.5. The summed E-state index contributed by atoms with van der Waals surface area (Å²) in [6, 6.07) is 11.2. The van der Waals surface area contributed by atoms with Crippen LogP contribution in [0.1, 0.15) is 5.56 Å². The monoisotopic (exact) mass is 393 g/mol. The van der Waals surface area contributed by atoms with Crippen molar-refractivity contribution in [2.75, 3.05) is 24.5 Å². The minimum atomic E-state index is -0.466. The van der Waals surface area contributed by atoms with Crippen molar-refractivity contribution in [3.05, 3.63) is 60.9 Å². The number of hydrogen-bond donors (Lipinski definition) is 1. The minimum Gasteiger partial charge on any atom is -0.460 e. The zero-order valence-corrected chi connectivity index (χ0v) is 15.5. The first kappa shape index (κ1) is 18.5. The molecule has 29 heavy (non-hydrogen) atoms. The number of nitrogens with zero attached hydrogens (tertiary/aromatic N) is 6. The predicted molar refractivity (Wildman–Crippen MR) is 102 cm³/mol. The van der Waals surface area contributed by atoms with E-state index in [9.17, 15) is 9.59 Å². The van der Waals surface area contributed by atoms with E-state index in [1.54, 1.807) is 12.4 Å². The quantitative estimate of drug-likeness (QED) is 0.572. The number of nitrogens with one attached hydrogen (secondary N) is 1. The van der Waals surface area contributed by atoms with Gasteiger partial charge in [0.2, 0.25) is 5.91 Å². The number of esters is 1. The molecule has 10 nitrogen and oxygen atoms in total. The topological polar surface area (TPSA) is 115 Å². The number of carbonyl (C=O) groups excluding carboxylic acids is 2. The largest absolute Gasteiger partial charge is 0.460 e. The third-order valence-corrected chi connectivity index (χ3v) is 4.52. The number of ether oxygens (including phenoxy) is 1. The Bertz CT molecular complexity index is 972. The minimum absolute atomic E-state index is 0.147. The molecule has 1 saturated heterocycles. The Kier molecular flexibility index (Phi) is 5.41. The second kappa shape index (κ2) is 8.46. The Morgan fingerprint density at radius 2 is 1.90 bits per heavy atom. The highest BCUT2D eigenvalue weighted by Crippen LogP contribution is 2.23. The lowest BCUT2D eigenvalue weighted by molar-refractivity contribution is -0.145. The first-order valence-corrected chi connectivity index (χ1v) is 9.08. The van der Waals surface area contributed by atoms with E-state index >= 15 is 0 Å². The summed E-state index contributed by atoms with van der Waals surface area (Å²) in [6.07, 6.45) is 4.43. The summed E-state index contributed by atoms with van der Waals surface area (Å²) in [4.78, 5) is 38.3. The van der Waals surface area contributed by atoms with Crippen molar-refractivity contribution in [1.29, 1.82) is 0 Å². The highest BCUT2D eigenvalue weighted by Gasteiger charge is 2.33. The van der Waals surface area contributed by atoms with Crippen LogP contribution in [-0.4, -0.2) is 56.2 Å². The van der Waals surface area contributed by atoms with Crippen molar-refractivity contribution >= 4 is 17.7 Å². The van der Waals surface area contributed by atoms with Gasteiger partial charge in [0.05, 0.1) is 5.92 Å². The molecule has 0 spiro atoms. The van der Waals surface area contributed by atoms with Crippen LogP contribution in [0.25, 0.3) is 5.82 Å². The number of carbonyl (C=O) groups is 2.